The van der Waals surface area contributed by atoms with Gasteiger partial charge in [-0.05, 0) is 42.8 Å². The summed E-state index contributed by atoms with van der Waals surface area (Å²) in [4.78, 5) is 22.1. The molecule has 0 aliphatic heterocycles. The van der Waals surface area contributed by atoms with Crippen molar-refractivity contribution in [3.63, 3.8) is 0 Å². The van der Waals surface area contributed by atoms with Crippen molar-refractivity contribution in [3.8, 4) is 0 Å². The average molecular weight is 426 g/mol. The van der Waals surface area contributed by atoms with Crippen LogP contribution in [0.25, 0.3) is 10.9 Å². The summed E-state index contributed by atoms with van der Waals surface area (Å²) in [7, 11) is 0. The monoisotopic (exact) mass is 425 g/mol. The van der Waals surface area contributed by atoms with Gasteiger partial charge in [0.05, 0.1) is 12.7 Å². The fourth-order valence-corrected chi connectivity index (χ4v) is 3.20. The fraction of sp³-hybridized carbons (Fsp3) is 0.250. The summed E-state index contributed by atoms with van der Waals surface area (Å²) in [5.41, 5.74) is 1.96. The maximum atomic E-state index is 13.3. The van der Waals surface area contributed by atoms with Crippen molar-refractivity contribution < 1.29 is 9.63 Å². The van der Waals surface area contributed by atoms with E-state index < -0.39 is 0 Å². The third kappa shape index (κ3) is 4.25. The topological polar surface area (TPSA) is 102 Å². The number of tetrazole rings is 1. The molecular weight excluding hydrogens is 406 g/mol. The summed E-state index contributed by atoms with van der Waals surface area (Å²) in [5.74, 6) is 0.164. The highest BCUT2D eigenvalue weighted by Crippen LogP contribution is 2.25. The van der Waals surface area contributed by atoms with Crippen LogP contribution >= 0.6 is 11.6 Å². The molecule has 0 fully saturated rings. The zero-order valence-electron chi connectivity index (χ0n) is 16.3. The number of aromatic nitrogens is 6. The standard InChI is InChI=1S/C20H20ClN7O2/c1-2-3-9-30-28-18-8-7-17(11-15(18)12-22-28)27(13-19-23-25-26-24-19)20(29)14-5-4-6-16(21)10-14/h4-8,10-12H,2-3,9,13H2,1H3,(H,23,24,25,26). The summed E-state index contributed by atoms with van der Waals surface area (Å²) >= 11 is 6.08. The number of aromatic amines is 1. The molecule has 2 aromatic heterocycles. The molecule has 4 rings (SSSR count). The molecule has 1 amide bonds. The second-order valence-electron chi connectivity index (χ2n) is 6.68. The first-order chi connectivity index (χ1) is 14.7. The van der Waals surface area contributed by atoms with E-state index in [0.717, 1.165) is 23.7 Å². The largest absolute Gasteiger partial charge is 0.396 e. The number of amides is 1. The molecule has 0 aliphatic carbocycles. The SMILES string of the molecule is CCCCOn1ncc2cc(N(Cc3nn[nH]n3)C(=O)c3cccc(Cl)c3)ccc21. The van der Waals surface area contributed by atoms with Gasteiger partial charge in [-0.25, -0.2) is 0 Å². The van der Waals surface area contributed by atoms with Crippen molar-refractivity contribution >= 4 is 34.1 Å². The molecule has 154 valence electrons. The number of anilines is 1. The van der Waals surface area contributed by atoms with Gasteiger partial charge in [-0.15, -0.1) is 15.3 Å². The molecule has 0 aliphatic rings. The number of unbranched alkanes of at least 4 members (excludes halogenated alkanes) is 1. The molecule has 0 radical (unpaired) electrons. The number of carbonyl (C=O) groups is 1. The van der Waals surface area contributed by atoms with Gasteiger partial charge in [0, 0.05) is 21.7 Å². The third-order valence-corrected chi connectivity index (χ3v) is 4.78. The first-order valence-corrected chi connectivity index (χ1v) is 9.94. The third-order valence-electron chi connectivity index (χ3n) is 4.55. The van der Waals surface area contributed by atoms with E-state index in [1.54, 1.807) is 35.4 Å². The minimum absolute atomic E-state index is 0.147. The lowest BCUT2D eigenvalue weighted by Crippen LogP contribution is -2.31. The van der Waals surface area contributed by atoms with Crippen LogP contribution in [0.2, 0.25) is 5.02 Å². The van der Waals surface area contributed by atoms with Crippen molar-refractivity contribution in [1.29, 1.82) is 0 Å². The molecule has 9 nitrogen and oxygen atoms in total. The maximum absolute atomic E-state index is 13.3. The molecule has 0 bridgehead atoms. The molecule has 0 atom stereocenters. The van der Waals surface area contributed by atoms with Crippen LogP contribution < -0.4 is 9.74 Å². The molecule has 0 unspecified atom stereocenters. The predicted molar refractivity (Wildman–Crippen MR) is 112 cm³/mol. The number of hydrogen-bond acceptors (Lipinski definition) is 6. The number of halogens is 1. The van der Waals surface area contributed by atoms with Crippen molar-refractivity contribution in [2.75, 3.05) is 11.5 Å². The highest BCUT2D eigenvalue weighted by molar-refractivity contribution is 6.31. The molecule has 2 heterocycles. The van der Waals surface area contributed by atoms with E-state index in [2.05, 4.69) is 32.6 Å². The summed E-state index contributed by atoms with van der Waals surface area (Å²) in [6.45, 7) is 2.84. The number of nitrogens with zero attached hydrogens (tertiary/aromatic N) is 6. The van der Waals surface area contributed by atoms with Crippen LogP contribution in [0.4, 0.5) is 5.69 Å². The Morgan fingerprint density at radius 2 is 2.17 bits per heavy atom. The van der Waals surface area contributed by atoms with E-state index in [0.29, 0.717) is 28.7 Å². The Hall–Kier alpha value is -3.46. The lowest BCUT2D eigenvalue weighted by atomic mass is 10.1. The second kappa shape index (κ2) is 8.91. The number of carbonyl (C=O) groups excluding carboxylic acids is 1. The molecule has 0 saturated carbocycles. The molecular formula is C20H20ClN7O2. The van der Waals surface area contributed by atoms with Crippen LogP contribution in [-0.4, -0.2) is 43.1 Å². The predicted octanol–water partition coefficient (Wildman–Crippen LogP) is 3.28. The Kier molecular flexibility index (Phi) is 5.89. The van der Waals surface area contributed by atoms with E-state index in [9.17, 15) is 4.79 Å². The normalized spacial score (nSPS) is 11.0. The second-order valence-corrected chi connectivity index (χ2v) is 7.11. The van der Waals surface area contributed by atoms with Crippen molar-refractivity contribution in [2.24, 2.45) is 0 Å². The Balaban J connectivity index is 1.67. The zero-order chi connectivity index (χ0) is 20.9. The van der Waals surface area contributed by atoms with E-state index in [1.165, 1.54) is 4.85 Å². The number of rotatable bonds is 8. The van der Waals surface area contributed by atoms with E-state index in [-0.39, 0.29) is 12.5 Å². The first kappa shape index (κ1) is 19.8. The lowest BCUT2D eigenvalue weighted by molar-refractivity contribution is 0.0897. The molecule has 4 aromatic rings. The van der Waals surface area contributed by atoms with E-state index in [1.807, 2.05) is 18.2 Å². The van der Waals surface area contributed by atoms with Crippen LogP contribution in [-0.2, 0) is 6.54 Å². The van der Waals surface area contributed by atoms with Crippen LogP contribution in [0.1, 0.15) is 35.9 Å². The highest BCUT2D eigenvalue weighted by Gasteiger charge is 2.21. The number of H-pyrrole nitrogens is 1. The quantitative estimate of drug-likeness (QED) is 0.435. The van der Waals surface area contributed by atoms with Gasteiger partial charge in [-0.2, -0.15) is 5.21 Å². The van der Waals surface area contributed by atoms with Gasteiger partial charge < -0.3 is 9.74 Å². The number of benzene rings is 2. The van der Waals surface area contributed by atoms with Crippen LogP contribution in [0, 0.1) is 0 Å². The van der Waals surface area contributed by atoms with Gasteiger partial charge in [0.2, 0.25) is 0 Å². The van der Waals surface area contributed by atoms with Gasteiger partial charge >= 0.3 is 0 Å². The van der Waals surface area contributed by atoms with Crippen molar-refractivity contribution in [3.05, 3.63) is 65.1 Å². The molecule has 0 spiro atoms. The van der Waals surface area contributed by atoms with Crippen LogP contribution in [0.15, 0.2) is 48.7 Å². The molecule has 10 heteroatoms. The Bertz CT molecular complexity index is 1140. The van der Waals surface area contributed by atoms with Gasteiger partial charge in [-0.1, -0.05) is 41.1 Å². The van der Waals surface area contributed by atoms with Gasteiger partial charge in [0.15, 0.2) is 5.82 Å². The van der Waals surface area contributed by atoms with Gasteiger partial charge in [0.1, 0.15) is 12.1 Å². The Morgan fingerprint density at radius 3 is 2.93 bits per heavy atom. The van der Waals surface area contributed by atoms with E-state index >= 15 is 0 Å². The van der Waals surface area contributed by atoms with E-state index in [4.69, 9.17) is 16.4 Å². The smallest absolute Gasteiger partial charge is 0.258 e. The summed E-state index contributed by atoms with van der Waals surface area (Å²) in [6, 6.07) is 12.4. The minimum Gasteiger partial charge on any atom is -0.396 e. The number of fused-ring (bicyclic) bond motifs is 1. The first-order valence-electron chi connectivity index (χ1n) is 9.56. The molecule has 1 N–H and O–H groups in total. The molecule has 30 heavy (non-hydrogen) atoms. The molecule has 2 aromatic carbocycles. The summed E-state index contributed by atoms with van der Waals surface area (Å²) in [5, 5.41) is 19.6. The Morgan fingerprint density at radius 1 is 1.27 bits per heavy atom. The van der Waals surface area contributed by atoms with Crippen molar-refractivity contribution in [2.45, 2.75) is 26.3 Å². The fourth-order valence-electron chi connectivity index (χ4n) is 3.01. The van der Waals surface area contributed by atoms with Gasteiger partial charge in [-0.3, -0.25) is 4.79 Å². The summed E-state index contributed by atoms with van der Waals surface area (Å²) < 4.78 is 0. The van der Waals surface area contributed by atoms with Crippen LogP contribution in [0.3, 0.4) is 0 Å². The Labute approximate surface area is 177 Å². The minimum atomic E-state index is -0.228. The van der Waals surface area contributed by atoms with Gasteiger partial charge in [0.25, 0.3) is 5.91 Å². The highest BCUT2D eigenvalue weighted by atomic mass is 35.5. The van der Waals surface area contributed by atoms with Crippen molar-refractivity contribution in [1.82, 2.24) is 30.6 Å². The van der Waals surface area contributed by atoms with Crippen LogP contribution in [0.5, 0.6) is 0 Å². The maximum Gasteiger partial charge on any atom is 0.258 e. The molecule has 0 saturated heterocycles. The number of nitrogens with one attached hydrogen (secondary N) is 1. The number of hydrogen-bond donors (Lipinski definition) is 1. The average Bonchev–Trinajstić information content (AvgIpc) is 3.41. The lowest BCUT2D eigenvalue weighted by Gasteiger charge is -2.22. The zero-order valence-corrected chi connectivity index (χ0v) is 17.1. The summed E-state index contributed by atoms with van der Waals surface area (Å²) in [6.07, 6.45) is 3.70.